The van der Waals surface area contributed by atoms with Gasteiger partial charge in [0.05, 0.1) is 11.6 Å². The van der Waals surface area contributed by atoms with E-state index in [4.69, 9.17) is 30.5 Å². The lowest BCUT2D eigenvalue weighted by atomic mass is 10.1. The zero-order chi connectivity index (χ0) is 20.6. The molecule has 29 heavy (non-hydrogen) atoms. The molecule has 1 aliphatic heterocycles. The molecule has 8 heteroatoms. The predicted octanol–water partition coefficient (Wildman–Crippen LogP) is 3.70. The lowest BCUT2D eigenvalue weighted by Gasteiger charge is -2.30. The van der Waals surface area contributed by atoms with Crippen molar-refractivity contribution >= 4 is 23.3 Å². The molecule has 1 aliphatic rings. The topological polar surface area (TPSA) is 69.3 Å². The fraction of sp³-hybridized carbons (Fsp3) is 0.381. The number of halogens is 1. The van der Waals surface area contributed by atoms with Crippen molar-refractivity contribution in [3.05, 3.63) is 47.0 Å². The molecular formula is C21H25ClN2O5. The van der Waals surface area contributed by atoms with Crippen LogP contribution < -0.4 is 19.7 Å². The van der Waals surface area contributed by atoms with E-state index < -0.39 is 5.97 Å². The van der Waals surface area contributed by atoms with E-state index in [-0.39, 0.29) is 13.4 Å². The minimum Gasteiger partial charge on any atom is -0.468 e. The summed E-state index contributed by atoms with van der Waals surface area (Å²) in [5.74, 6) is 0.932. The number of nitrogens with zero attached hydrogens (tertiary/aromatic N) is 1. The highest BCUT2D eigenvalue weighted by Gasteiger charge is 2.19. The minimum atomic E-state index is -0.439. The Bertz CT molecular complexity index is 840. The zero-order valence-electron chi connectivity index (χ0n) is 16.6. The molecule has 0 saturated carbocycles. The van der Waals surface area contributed by atoms with Gasteiger partial charge < -0.3 is 29.2 Å². The lowest BCUT2D eigenvalue weighted by Crippen LogP contribution is -2.43. The Labute approximate surface area is 175 Å². The van der Waals surface area contributed by atoms with Crippen LogP contribution in [0.4, 0.5) is 5.69 Å². The average Bonchev–Trinajstić information content (AvgIpc) is 2.74. The number of benzene rings is 2. The molecule has 0 amide bonds. The number of rotatable bonds is 8. The van der Waals surface area contributed by atoms with Gasteiger partial charge in [-0.1, -0.05) is 11.6 Å². The van der Waals surface area contributed by atoms with Gasteiger partial charge in [-0.15, -0.1) is 0 Å². The van der Waals surface area contributed by atoms with Crippen molar-refractivity contribution in [3.63, 3.8) is 0 Å². The average molecular weight is 421 g/mol. The monoisotopic (exact) mass is 420 g/mol. The zero-order valence-corrected chi connectivity index (χ0v) is 17.3. The Hall–Kier alpha value is -2.48. The first-order valence-electron chi connectivity index (χ1n) is 9.48. The van der Waals surface area contributed by atoms with Crippen LogP contribution in [0.15, 0.2) is 36.4 Å². The molecule has 0 spiro atoms. The van der Waals surface area contributed by atoms with E-state index >= 15 is 0 Å². The van der Waals surface area contributed by atoms with Gasteiger partial charge in [-0.05, 0) is 31.2 Å². The van der Waals surface area contributed by atoms with E-state index in [0.717, 1.165) is 31.9 Å². The number of carbonyl (C=O) groups excluding carboxylic acids is 1. The van der Waals surface area contributed by atoms with Crippen molar-refractivity contribution in [2.75, 3.05) is 51.6 Å². The fourth-order valence-corrected chi connectivity index (χ4v) is 3.20. The maximum atomic E-state index is 12.4. The van der Waals surface area contributed by atoms with Gasteiger partial charge in [0.2, 0.25) is 0 Å². The number of ether oxygens (including phenoxy) is 4. The molecule has 0 aliphatic carbocycles. The summed E-state index contributed by atoms with van der Waals surface area (Å²) in [6.45, 7) is 5.74. The Balaban J connectivity index is 1.89. The van der Waals surface area contributed by atoms with Crippen molar-refractivity contribution in [2.24, 2.45) is 0 Å². The van der Waals surface area contributed by atoms with Gasteiger partial charge in [-0.3, -0.25) is 0 Å². The van der Waals surface area contributed by atoms with E-state index in [1.54, 1.807) is 38.3 Å². The van der Waals surface area contributed by atoms with Crippen LogP contribution in [0.3, 0.4) is 0 Å². The maximum absolute atomic E-state index is 12.4. The number of nitrogens with one attached hydrogen (secondary N) is 1. The van der Waals surface area contributed by atoms with Gasteiger partial charge in [0.15, 0.2) is 6.79 Å². The van der Waals surface area contributed by atoms with Crippen molar-refractivity contribution in [1.82, 2.24) is 5.32 Å². The maximum Gasteiger partial charge on any atom is 0.341 e. The highest BCUT2D eigenvalue weighted by atomic mass is 35.5. The lowest BCUT2D eigenvalue weighted by molar-refractivity contribution is 0.0509. The fourth-order valence-electron chi connectivity index (χ4n) is 2.99. The predicted molar refractivity (Wildman–Crippen MR) is 112 cm³/mol. The van der Waals surface area contributed by atoms with Crippen molar-refractivity contribution in [3.8, 4) is 17.2 Å². The van der Waals surface area contributed by atoms with Gasteiger partial charge in [-0.25, -0.2) is 4.79 Å². The van der Waals surface area contributed by atoms with Crippen LogP contribution in [0.25, 0.3) is 0 Å². The number of piperazine rings is 1. The molecule has 0 atom stereocenters. The Morgan fingerprint density at radius 1 is 1.14 bits per heavy atom. The second-order valence-electron chi connectivity index (χ2n) is 6.38. The molecule has 1 N–H and O–H groups in total. The second-order valence-corrected chi connectivity index (χ2v) is 6.79. The number of carbonyl (C=O) groups is 1. The van der Waals surface area contributed by atoms with E-state index in [2.05, 4.69) is 10.2 Å². The van der Waals surface area contributed by atoms with Crippen LogP contribution >= 0.6 is 11.6 Å². The number of anilines is 1. The Morgan fingerprint density at radius 3 is 2.62 bits per heavy atom. The van der Waals surface area contributed by atoms with Crippen LogP contribution in [0.1, 0.15) is 17.3 Å². The molecule has 2 aromatic rings. The van der Waals surface area contributed by atoms with E-state index in [0.29, 0.717) is 27.8 Å². The largest absolute Gasteiger partial charge is 0.468 e. The molecule has 1 heterocycles. The summed E-state index contributed by atoms with van der Waals surface area (Å²) < 4.78 is 21.5. The van der Waals surface area contributed by atoms with Gasteiger partial charge in [-0.2, -0.15) is 0 Å². The summed E-state index contributed by atoms with van der Waals surface area (Å²) in [6, 6.07) is 10.6. The summed E-state index contributed by atoms with van der Waals surface area (Å²) in [4.78, 5) is 14.6. The molecule has 1 fully saturated rings. The number of esters is 1. The van der Waals surface area contributed by atoms with Gasteiger partial charge in [0.1, 0.15) is 22.8 Å². The van der Waals surface area contributed by atoms with Gasteiger partial charge in [0.25, 0.3) is 0 Å². The summed E-state index contributed by atoms with van der Waals surface area (Å²) in [5.41, 5.74) is 1.33. The van der Waals surface area contributed by atoms with Crippen molar-refractivity contribution < 1.29 is 23.7 Å². The highest BCUT2D eigenvalue weighted by Crippen LogP contribution is 2.36. The molecule has 156 valence electrons. The summed E-state index contributed by atoms with van der Waals surface area (Å²) >= 11 is 6.36. The standard InChI is InChI=1S/C21H25ClN2O5/c1-3-27-21(25)17-6-4-15(24-10-8-23-9-11-24)12-20(17)29-19-7-5-16(13-18(19)22)28-14-26-2/h4-7,12-13,23H,3,8-11,14H2,1-2H3. The number of methoxy groups -OCH3 is 1. The third-order valence-electron chi connectivity index (χ3n) is 4.41. The van der Waals surface area contributed by atoms with Crippen LogP contribution in [0.5, 0.6) is 17.2 Å². The first kappa shape index (κ1) is 21.2. The van der Waals surface area contributed by atoms with Crippen LogP contribution in [-0.2, 0) is 9.47 Å². The quantitative estimate of drug-likeness (QED) is 0.515. The SMILES string of the molecule is CCOC(=O)c1ccc(N2CCNCC2)cc1Oc1ccc(OCOC)cc1Cl. The molecule has 0 radical (unpaired) electrons. The third-order valence-corrected chi connectivity index (χ3v) is 4.70. The van der Waals surface area contributed by atoms with E-state index in [9.17, 15) is 4.79 Å². The summed E-state index contributed by atoms with van der Waals surface area (Å²) in [7, 11) is 1.54. The van der Waals surface area contributed by atoms with Crippen LogP contribution in [0.2, 0.25) is 5.02 Å². The molecular weight excluding hydrogens is 396 g/mol. The Morgan fingerprint density at radius 2 is 1.93 bits per heavy atom. The van der Waals surface area contributed by atoms with Crippen LogP contribution in [-0.4, -0.2) is 52.7 Å². The summed E-state index contributed by atoms with van der Waals surface area (Å²) in [6.07, 6.45) is 0. The molecule has 7 nitrogen and oxygen atoms in total. The molecule has 3 rings (SSSR count). The first-order chi connectivity index (χ1) is 14.1. The van der Waals surface area contributed by atoms with E-state index in [1.807, 2.05) is 12.1 Å². The van der Waals surface area contributed by atoms with E-state index in [1.165, 1.54) is 0 Å². The number of hydrogen-bond donors (Lipinski definition) is 1. The normalized spacial score (nSPS) is 13.8. The second kappa shape index (κ2) is 10.3. The molecule has 0 aromatic heterocycles. The third kappa shape index (κ3) is 5.53. The van der Waals surface area contributed by atoms with Crippen molar-refractivity contribution in [1.29, 1.82) is 0 Å². The smallest absolute Gasteiger partial charge is 0.341 e. The molecule has 0 unspecified atom stereocenters. The molecule has 2 aromatic carbocycles. The first-order valence-corrected chi connectivity index (χ1v) is 9.86. The molecule has 0 bridgehead atoms. The summed E-state index contributed by atoms with van der Waals surface area (Å²) in [5, 5.41) is 3.69. The van der Waals surface area contributed by atoms with Gasteiger partial charge >= 0.3 is 5.97 Å². The Kier molecular flexibility index (Phi) is 7.57. The highest BCUT2D eigenvalue weighted by molar-refractivity contribution is 6.32. The number of hydrogen-bond acceptors (Lipinski definition) is 7. The minimum absolute atomic E-state index is 0.121. The van der Waals surface area contributed by atoms with Crippen molar-refractivity contribution in [2.45, 2.75) is 6.92 Å². The molecule has 1 saturated heterocycles. The van der Waals surface area contributed by atoms with Crippen LogP contribution in [0, 0.1) is 0 Å². The van der Waals surface area contributed by atoms with Gasteiger partial charge in [0, 0.05) is 51.1 Å².